The predicted octanol–water partition coefficient (Wildman–Crippen LogP) is 2.00. The van der Waals surface area contributed by atoms with Crippen LogP contribution in [0.15, 0.2) is 29.8 Å². The van der Waals surface area contributed by atoms with E-state index in [-0.39, 0.29) is 30.7 Å². The molecule has 3 rings (SSSR count). The van der Waals surface area contributed by atoms with E-state index < -0.39 is 18.2 Å². The molecule has 3 N–H and O–H groups in total. The molecule has 9 heteroatoms. The summed E-state index contributed by atoms with van der Waals surface area (Å²) in [5.74, 6) is -0.937. The van der Waals surface area contributed by atoms with Gasteiger partial charge in [-0.3, -0.25) is 14.4 Å². The highest BCUT2D eigenvalue weighted by atomic mass is 32.1. The quantitative estimate of drug-likeness (QED) is 0.560. The Balaban J connectivity index is 1.63. The zero-order valence-electron chi connectivity index (χ0n) is 18.6. The van der Waals surface area contributed by atoms with E-state index >= 15 is 0 Å². The summed E-state index contributed by atoms with van der Waals surface area (Å²) in [7, 11) is 0. The van der Waals surface area contributed by atoms with Crippen LogP contribution < -0.4 is 10.6 Å². The second-order valence-corrected chi connectivity index (χ2v) is 8.97. The molecule has 2 aromatic rings. The number of nitrogens with zero attached hydrogens (tertiary/aromatic N) is 2. The molecule has 0 saturated carbocycles. The van der Waals surface area contributed by atoms with Crippen molar-refractivity contribution in [1.82, 2.24) is 20.5 Å². The standard InChI is InChI=1S/C23H30N4O4S/c1-4-5-19(26-15(3)28)23(31)27-12-18(29)10-20(27)22(30)24-11-16-6-8-17(9-7-16)21-14(2)25-13-32-21/h6-9,13,18-20,29H,4-5,10-12H2,1-3H3,(H,24,30)(H,26,28)/t18-,19?,20+/m1/s1. The molecule has 32 heavy (non-hydrogen) atoms. The monoisotopic (exact) mass is 458 g/mol. The first-order valence-electron chi connectivity index (χ1n) is 10.8. The van der Waals surface area contributed by atoms with Crippen molar-refractivity contribution in [2.24, 2.45) is 0 Å². The fourth-order valence-corrected chi connectivity index (χ4v) is 4.77. The van der Waals surface area contributed by atoms with Gasteiger partial charge < -0.3 is 20.6 Å². The number of carbonyl (C=O) groups excluding carboxylic acids is 3. The highest BCUT2D eigenvalue weighted by Gasteiger charge is 2.41. The molecule has 8 nitrogen and oxygen atoms in total. The summed E-state index contributed by atoms with van der Waals surface area (Å²) in [6.07, 6.45) is 0.600. The molecule has 172 valence electrons. The maximum Gasteiger partial charge on any atom is 0.245 e. The normalized spacial score (nSPS) is 18.9. The minimum Gasteiger partial charge on any atom is -0.391 e. The maximum absolute atomic E-state index is 13.0. The van der Waals surface area contributed by atoms with Crippen LogP contribution in [0.5, 0.6) is 0 Å². The van der Waals surface area contributed by atoms with E-state index in [1.54, 1.807) is 11.3 Å². The van der Waals surface area contributed by atoms with Crippen molar-refractivity contribution in [3.8, 4) is 10.4 Å². The number of hydrogen-bond acceptors (Lipinski definition) is 6. The zero-order chi connectivity index (χ0) is 23.3. The minimum absolute atomic E-state index is 0.0830. The predicted molar refractivity (Wildman–Crippen MR) is 123 cm³/mol. The van der Waals surface area contributed by atoms with Gasteiger partial charge in [-0.2, -0.15) is 0 Å². The summed E-state index contributed by atoms with van der Waals surface area (Å²) in [6.45, 7) is 5.66. The molecule has 2 heterocycles. The molecular weight excluding hydrogens is 428 g/mol. The lowest BCUT2D eigenvalue weighted by Gasteiger charge is -2.28. The van der Waals surface area contributed by atoms with Gasteiger partial charge in [0.1, 0.15) is 12.1 Å². The van der Waals surface area contributed by atoms with Crippen molar-refractivity contribution in [2.75, 3.05) is 6.54 Å². The lowest BCUT2D eigenvalue weighted by molar-refractivity contribution is -0.141. The molecule has 0 radical (unpaired) electrons. The van der Waals surface area contributed by atoms with E-state index in [0.717, 1.165) is 21.7 Å². The van der Waals surface area contributed by atoms with E-state index in [1.807, 2.05) is 43.6 Å². The number of rotatable bonds is 8. The van der Waals surface area contributed by atoms with Gasteiger partial charge in [0.05, 0.1) is 22.2 Å². The Morgan fingerprint density at radius 1 is 1.28 bits per heavy atom. The lowest BCUT2D eigenvalue weighted by Crippen LogP contribution is -2.53. The van der Waals surface area contributed by atoms with Crippen LogP contribution in [0, 0.1) is 6.92 Å². The Morgan fingerprint density at radius 2 is 2.00 bits per heavy atom. The number of aromatic nitrogens is 1. The third-order valence-corrected chi connectivity index (χ3v) is 6.52. The van der Waals surface area contributed by atoms with Crippen LogP contribution in [-0.2, 0) is 20.9 Å². The third-order valence-electron chi connectivity index (χ3n) is 5.55. The molecule has 1 aromatic heterocycles. The molecular formula is C23H30N4O4S. The molecule has 1 aliphatic heterocycles. The number of amides is 3. The molecule has 3 amide bonds. The van der Waals surface area contributed by atoms with Crippen LogP contribution in [0.3, 0.4) is 0 Å². The first-order chi connectivity index (χ1) is 15.3. The topological polar surface area (TPSA) is 112 Å². The minimum atomic E-state index is -0.767. The number of aryl methyl sites for hydroxylation is 1. The Hall–Kier alpha value is -2.78. The summed E-state index contributed by atoms with van der Waals surface area (Å²) in [6, 6.07) is 6.45. The van der Waals surface area contributed by atoms with Gasteiger partial charge in [-0.1, -0.05) is 37.6 Å². The van der Waals surface area contributed by atoms with Crippen LogP contribution in [-0.4, -0.2) is 57.4 Å². The van der Waals surface area contributed by atoms with Crippen LogP contribution in [0.2, 0.25) is 0 Å². The van der Waals surface area contributed by atoms with E-state index in [4.69, 9.17) is 0 Å². The van der Waals surface area contributed by atoms with Gasteiger partial charge in [0, 0.05) is 26.4 Å². The maximum atomic E-state index is 13.0. The number of likely N-dealkylation sites (tertiary alicyclic amines) is 1. The fourth-order valence-electron chi connectivity index (χ4n) is 3.96. The highest BCUT2D eigenvalue weighted by Crippen LogP contribution is 2.27. The number of aliphatic hydroxyl groups is 1. The van der Waals surface area contributed by atoms with Crippen molar-refractivity contribution in [2.45, 2.75) is 64.8 Å². The number of β-amino-alcohol motifs (C(OH)–C–C–N with tert-alkyl or cyclic N) is 1. The Labute approximate surface area is 192 Å². The number of benzene rings is 1. The van der Waals surface area contributed by atoms with Gasteiger partial charge in [0.25, 0.3) is 0 Å². The van der Waals surface area contributed by atoms with E-state index in [2.05, 4.69) is 15.6 Å². The van der Waals surface area contributed by atoms with Gasteiger partial charge in [-0.15, -0.1) is 11.3 Å². The van der Waals surface area contributed by atoms with Gasteiger partial charge in [-0.05, 0) is 24.5 Å². The van der Waals surface area contributed by atoms with Crippen LogP contribution in [0.4, 0.5) is 0 Å². The molecule has 1 unspecified atom stereocenters. The second kappa shape index (κ2) is 10.7. The van der Waals surface area contributed by atoms with Crippen LogP contribution in [0.1, 0.15) is 44.4 Å². The summed E-state index contributed by atoms with van der Waals surface area (Å²) in [5.41, 5.74) is 4.82. The van der Waals surface area contributed by atoms with Crippen molar-refractivity contribution < 1.29 is 19.5 Å². The van der Waals surface area contributed by atoms with Gasteiger partial charge >= 0.3 is 0 Å². The fraction of sp³-hybridized carbons (Fsp3) is 0.478. The average molecular weight is 459 g/mol. The zero-order valence-corrected chi connectivity index (χ0v) is 19.4. The van der Waals surface area contributed by atoms with Crippen molar-refractivity contribution in [3.05, 3.63) is 41.0 Å². The molecule has 1 saturated heterocycles. The van der Waals surface area contributed by atoms with Gasteiger partial charge in [-0.25, -0.2) is 4.98 Å². The third kappa shape index (κ3) is 5.72. The van der Waals surface area contributed by atoms with E-state index in [1.165, 1.54) is 11.8 Å². The first-order valence-corrected chi connectivity index (χ1v) is 11.7. The molecule has 1 aliphatic rings. The Morgan fingerprint density at radius 3 is 2.59 bits per heavy atom. The lowest BCUT2D eigenvalue weighted by atomic mass is 10.1. The first kappa shape index (κ1) is 23.9. The number of nitrogens with one attached hydrogen (secondary N) is 2. The number of thiazole rings is 1. The van der Waals surface area contributed by atoms with Crippen LogP contribution in [0.25, 0.3) is 10.4 Å². The average Bonchev–Trinajstić information content (AvgIpc) is 3.36. The Kier molecular flexibility index (Phi) is 7.98. The smallest absolute Gasteiger partial charge is 0.245 e. The largest absolute Gasteiger partial charge is 0.391 e. The highest BCUT2D eigenvalue weighted by molar-refractivity contribution is 7.13. The second-order valence-electron chi connectivity index (χ2n) is 8.12. The molecule has 1 fully saturated rings. The Bertz CT molecular complexity index is 959. The molecule has 0 aliphatic carbocycles. The summed E-state index contributed by atoms with van der Waals surface area (Å²) >= 11 is 1.59. The SMILES string of the molecule is CCCC(NC(C)=O)C(=O)N1C[C@H](O)C[C@H]1C(=O)NCc1ccc(-c2scnc2C)cc1. The van der Waals surface area contributed by atoms with Crippen molar-refractivity contribution in [1.29, 1.82) is 0 Å². The van der Waals surface area contributed by atoms with Crippen LogP contribution >= 0.6 is 11.3 Å². The molecule has 3 atom stereocenters. The number of carbonyl (C=O) groups is 3. The van der Waals surface area contributed by atoms with E-state index in [0.29, 0.717) is 19.4 Å². The van der Waals surface area contributed by atoms with E-state index in [9.17, 15) is 19.5 Å². The number of aliphatic hydroxyl groups excluding tert-OH is 1. The summed E-state index contributed by atoms with van der Waals surface area (Å²) in [5, 5.41) is 15.7. The van der Waals surface area contributed by atoms with Crippen molar-refractivity contribution >= 4 is 29.1 Å². The molecule has 0 spiro atoms. The molecule has 0 bridgehead atoms. The summed E-state index contributed by atoms with van der Waals surface area (Å²) < 4.78 is 0. The van der Waals surface area contributed by atoms with Crippen molar-refractivity contribution in [3.63, 3.8) is 0 Å². The van der Waals surface area contributed by atoms with Gasteiger partial charge in [0.15, 0.2) is 0 Å². The summed E-state index contributed by atoms with van der Waals surface area (Å²) in [4.78, 5) is 44.1. The molecule has 1 aromatic carbocycles. The van der Waals surface area contributed by atoms with Gasteiger partial charge in [0.2, 0.25) is 17.7 Å². The number of hydrogen-bond donors (Lipinski definition) is 3.